The molecule has 0 heterocycles. The first-order chi connectivity index (χ1) is 19.8. The normalized spacial score (nSPS) is 12.4. The fourth-order valence-corrected chi connectivity index (χ4v) is 5.56. The van der Waals surface area contributed by atoms with Crippen molar-refractivity contribution in [2.75, 3.05) is 23.7 Å². The van der Waals surface area contributed by atoms with Crippen LogP contribution in [0.25, 0.3) is 0 Å². The monoisotopic (exact) mass is 623 g/mol. The van der Waals surface area contributed by atoms with Crippen molar-refractivity contribution >= 4 is 39.1 Å². The molecule has 0 aliphatic heterocycles. The van der Waals surface area contributed by atoms with Gasteiger partial charge < -0.3 is 10.2 Å². The second-order valence-electron chi connectivity index (χ2n) is 9.73. The predicted molar refractivity (Wildman–Crippen MR) is 157 cm³/mol. The zero-order valence-corrected chi connectivity index (χ0v) is 24.8. The smallest absolute Gasteiger partial charge is 0.355 e. The summed E-state index contributed by atoms with van der Waals surface area (Å²) in [6.07, 6.45) is -3.65. The average molecular weight is 624 g/mol. The van der Waals surface area contributed by atoms with E-state index in [9.17, 15) is 31.2 Å². The molecule has 1 atom stereocenters. The lowest BCUT2D eigenvalue weighted by molar-refractivity contribution is -0.141. The number of hydrogen-bond acceptors (Lipinski definition) is 4. The molecule has 0 saturated heterocycles. The van der Waals surface area contributed by atoms with Crippen LogP contribution in [0, 0.1) is 0 Å². The minimum atomic E-state index is -4.65. The van der Waals surface area contributed by atoms with Gasteiger partial charge in [0.05, 0.1) is 17.5 Å². The molecule has 2 amide bonds. The van der Waals surface area contributed by atoms with Gasteiger partial charge in [-0.2, -0.15) is 13.2 Å². The maximum atomic E-state index is 13.7. The molecule has 0 aliphatic rings. The van der Waals surface area contributed by atoms with Crippen LogP contribution >= 0.6 is 11.6 Å². The maximum Gasteiger partial charge on any atom is 0.416 e. The summed E-state index contributed by atoms with van der Waals surface area (Å²) in [4.78, 5) is 28.4. The molecular weight excluding hydrogens is 591 g/mol. The van der Waals surface area contributed by atoms with E-state index in [1.54, 1.807) is 31.2 Å². The van der Waals surface area contributed by atoms with E-state index in [1.165, 1.54) is 11.0 Å². The minimum absolute atomic E-state index is 0.00667. The molecule has 42 heavy (non-hydrogen) atoms. The van der Waals surface area contributed by atoms with E-state index in [0.717, 1.165) is 39.9 Å². The van der Waals surface area contributed by atoms with Gasteiger partial charge in [0, 0.05) is 37.5 Å². The second kappa shape index (κ2) is 14.6. The first kappa shape index (κ1) is 32.9. The number of amides is 2. The highest BCUT2D eigenvalue weighted by atomic mass is 35.5. The van der Waals surface area contributed by atoms with Gasteiger partial charge in [0.25, 0.3) is 0 Å². The van der Waals surface area contributed by atoms with Crippen LogP contribution in [-0.4, -0.2) is 50.5 Å². The molecule has 12 heteroatoms. The van der Waals surface area contributed by atoms with Crippen molar-refractivity contribution in [3.05, 3.63) is 101 Å². The molecule has 0 saturated carbocycles. The predicted octanol–water partition coefficient (Wildman–Crippen LogP) is 5.68. The number of benzene rings is 3. The number of anilines is 1. The lowest BCUT2D eigenvalue weighted by Crippen LogP contribution is -2.50. The number of sulfonamides is 1. The van der Waals surface area contributed by atoms with Gasteiger partial charge in [-0.3, -0.25) is 13.9 Å². The van der Waals surface area contributed by atoms with E-state index in [1.807, 2.05) is 30.3 Å². The molecule has 1 N–H and O–H groups in total. The van der Waals surface area contributed by atoms with Crippen molar-refractivity contribution in [3.63, 3.8) is 0 Å². The molecular formula is C30H33ClF3N3O4S. The number of rotatable bonds is 13. The summed E-state index contributed by atoms with van der Waals surface area (Å²) < 4.78 is 65.7. The Hall–Kier alpha value is -3.57. The van der Waals surface area contributed by atoms with E-state index < -0.39 is 33.7 Å². The van der Waals surface area contributed by atoms with Gasteiger partial charge in [-0.25, -0.2) is 8.42 Å². The fourth-order valence-electron chi connectivity index (χ4n) is 4.47. The molecule has 1 unspecified atom stereocenters. The number of carbonyl (C=O) groups excluding carboxylic acids is 2. The minimum Gasteiger partial charge on any atom is -0.355 e. The summed E-state index contributed by atoms with van der Waals surface area (Å²) in [7, 11) is -3.96. The van der Waals surface area contributed by atoms with E-state index in [0.29, 0.717) is 11.6 Å². The molecule has 0 spiro atoms. The van der Waals surface area contributed by atoms with Gasteiger partial charge in [0.2, 0.25) is 21.8 Å². The molecule has 3 aromatic rings. The SMILES string of the molecule is CCNC(=O)C(Cc1ccccc1)N(Cc1ccc(Cl)cc1)C(=O)CCCN(c1cccc(C(F)(F)F)c1)S(C)(=O)=O. The van der Waals surface area contributed by atoms with Crippen molar-refractivity contribution in [2.45, 2.75) is 44.9 Å². The van der Waals surface area contributed by atoms with Crippen LogP contribution in [-0.2, 0) is 38.8 Å². The van der Waals surface area contributed by atoms with E-state index in [-0.39, 0.29) is 43.9 Å². The summed E-state index contributed by atoms with van der Waals surface area (Å²) in [5.41, 5.74) is 0.443. The molecule has 0 bridgehead atoms. The lowest BCUT2D eigenvalue weighted by atomic mass is 10.0. The molecule has 0 aliphatic carbocycles. The van der Waals surface area contributed by atoms with E-state index in [2.05, 4.69) is 5.32 Å². The van der Waals surface area contributed by atoms with Crippen LogP contribution in [0.5, 0.6) is 0 Å². The molecule has 0 fully saturated rings. The fraction of sp³-hybridized carbons (Fsp3) is 0.333. The largest absolute Gasteiger partial charge is 0.416 e. The third kappa shape index (κ3) is 9.49. The van der Waals surface area contributed by atoms with Crippen molar-refractivity contribution in [2.24, 2.45) is 0 Å². The van der Waals surface area contributed by atoms with Crippen LogP contribution in [0.1, 0.15) is 36.5 Å². The molecule has 3 aromatic carbocycles. The zero-order valence-electron chi connectivity index (χ0n) is 23.3. The summed E-state index contributed by atoms with van der Waals surface area (Å²) in [6, 6.07) is 19.2. The third-order valence-corrected chi connectivity index (χ3v) is 7.95. The van der Waals surface area contributed by atoms with Crippen molar-refractivity contribution in [1.82, 2.24) is 10.2 Å². The van der Waals surface area contributed by atoms with Crippen molar-refractivity contribution in [3.8, 4) is 0 Å². The standard InChI is InChI=1S/C30H33ClF3N3O4S/c1-3-35-29(39)27(19-22-9-5-4-6-10-22)36(21-23-14-16-25(31)17-15-23)28(38)13-8-18-37(42(2,40)41)26-12-7-11-24(20-26)30(32,33)34/h4-7,9-12,14-17,20,27H,3,8,13,18-19,21H2,1-2H3,(H,35,39). The zero-order chi connectivity index (χ0) is 30.9. The molecule has 0 radical (unpaired) electrons. The summed E-state index contributed by atoms with van der Waals surface area (Å²) in [6.45, 7) is 1.99. The molecule has 0 aromatic heterocycles. The van der Waals surface area contributed by atoms with Gasteiger partial charge in [-0.15, -0.1) is 0 Å². The lowest BCUT2D eigenvalue weighted by Gasteiger charge is -2.32. The Bertz CT molecular complexity index is 1450. The van der Waals surface area contributed by atoms with Gasteiger partial charge in [-0.05, 0) is 54.8 Å². The number of alkyl halides is 3. The second-order valence-corrected chi connectivity index (χ2v) is 12.1. The summed E-state index contributed by atoms with van der Waals surface area (Å²) in [5.74, 6) is -0.750. The van der Waals surface area contributed by atoms with Gasteiger partial charge in [0.15, 0.2) is 0 Å². The number of likely N-dealkylation sites (N-methyl/N-ethyl adjacent to an activating group) is 1. The number of nitrogens with one attached hydrogen (secondary N) is 1. The van der Waals surface area contributed by atoms with Crippen LogP contribution in [0.2, 0.25) is 5.02 Å². The van der Waals surface area contributed by atoms with Crippen molar-refractivity contribution < 1.29 is 31.2 Å². The summed E-state index contributed by atoms with van der Waals surface area (Å²) in [5, 5.41) is 3.31. The number of hydrogen-bond donors (Lipinski definition) is 1. The van der Waals surface area contributed by atoms with Crippen molar-refractivity contribution in [1.29, 1.82) is 0 Å². The van der Waals surface area contributed by atoms with E-state index in [4.69, 9.17) is 11.6 Å². The highest BCUT2D eigenvalue weighted by Gasteiger charge is 2.32. The number of nitrogens with zero attached hydrogens (tertiary/aromatic N) is 2. The maximum absolute atomic E-state index is 13.7. The third-order valence-electron chi connectivity index (χ3n) is 6.50. The molecule has 3 rings (SSSR count). The van der Waals surface area contributed by atoms with E-state index >= 15 is 0 Å². The Morgan fingerprint density at radius 3 is 2.21 bits per heavy atom. The Morgan fingerprint density at radius 2 is 1.62 bits per heavy atom. The molecule has 226 valence electrons. The Labute approximate surface area is 249 Å². The van der Waals surface area contributed by atoms with Gasteiger partial charge in [-0.1, -0.05) is 60.1 Å². The van der Waals surface area contributed by atoms with Gasteiger partial charge in [0.1, 0.15) is 6.04 Å². The first-order valence-electron chi connectivity index (χ1n) is 13.3. The van der Waals surface area contributed by atoms with Gasteiger partial charge >= 0.3 is 6.18 Å². The average Bonchev–Trinajstić information content (AvgIpc) is 2.93. The molecule has 7 nitrogen and oxygen atoms in total. The topological polar surface area (TPSA) is 86.8 Å². The van der Waals surface area contributed by atoms with Crippen LogP contribution in [0.4, 0.5) is 18.9 Å². The highest BCUT2D eigenvalue weighted by molar-refractivity contribution is 7.92. The quantitative estimate of drug-likeness (QED) is 0.265. The highest BCUT2D eigenvalue weighted by Crippen LogP contribution is 2.32. The number of carbonyl (C=O) groups is 2. The number of halogens is 4. The summed E-state index contributed by atoms with van der Waals surface area (Å²) >= 11 is 6.03. The first-order valence-corrected chi connectivity index (χ1v) is 15.5. The van der Waals surface area contributed by atoms with Crippen LogP contribution < -0.4 is 9.62 Å². The Balaban J connectivity index is 1.87. The Morgan fingerprint density at radius 1 is 0.952 bits per heavy atom. The Kier molecular flexibility index (Phi) is 11.4. The van der Waals surface area contributed by atoms with Crippen LogP contribution in [0.3, 0.4) is 0 Å². The van der Waals surface area contributed by atoms with Crippen LogP contribution in [0.15, 0.2) is 78.9 Å².